The van der Waals surface area contributed by atoms with E-state index in [1.807, 2.05) is 6.08 Å². The predicted molar refractivity (Wildman–Crippen MR) is 85.8 cm³/mol. The maximum atomic E-state index is 13.0. The molecule has 1 aliphatic heterocycles. The van der Waals surface area contributed by atoms with Crippen molar-refractivity contribution in [3.63, 3.8) is 0 Å². The zero-order chi connectivity index (χ0) is 16.2. The van der Waals surface area contributed by atoms with Crippen molar-refractivity contribution in [3.8, 4) is 0 Å². The van der Waals surface area contributed by atoms with Gasteiger partial charge in [0.05, 0.1) is 5.56 Å². The number of nitrogens with one attached hydrogen (secondary N) is 1. The monoisotopic (exact) mass is 376 g/mol. The van der Waals surface area contributed by atoms with Crippen LogP contribution in [0.3, 0.4) is 0 Å². The molecule has 1 saturated heterocycles. The molecule has 0 spiro atoms. The van der Waals surface area contributed by atoms with Crippen molar-refractivity contribution in [2.45, 2.75) is 25.1 Å². The number of benzene rings is 1. The van der Waals surface area contributed by atoms with Crippen LogP contribution in [0, 0.1) is 0 Å². The van der Waals surface area contributed by atoms with E-state index in [0.717, 1.165) is 45.1 Å². The first-order valence-corrected chi connectivity index (χ1v) is 8.14. The van der Waals surface area contributed by atoms with E-state index in [9.17, 15) is 13.2 Å². The lowest BCUT2D eigenvalue weighted by molar-refractivity contribution is -0.137. The molecule has 0 amide bonds. The largest absolute Gasteiger partial charge is 0.416 e. The Morgan fingerprint density at radius 1 is 1.27 bits per heavy atom. The number of alkyl halides is 3. The topological polar surface area (TPSA) is 15.3 Å². The lowest BCUT2D eigenvalue weighted by Gasteiger charge is -2.35. The van der Waals surface area contributed by atoms with Gasteiger partial charge in [-0.25, -0.2) is 0 Å². The van der Waals surface area contributed by atoms with Crippen LogP contribution >= 0.6 is 15.9 Å². The van der Waals surface area contributed by atoms with Crippen LogP contribution < -0.4 is 5.32 Å². The molecule has 1 fully saturated rings. The molecule has 1 aliphatic rings. The van der Waals surface area contributed by atoms with Gasteiger partial charge in [-0.15, -0.1) is 6.58 Å². The van der Waals surface area contributed by atoms with Gasteiger partial charge in [0.1, 0.15) is 0 Å². The van der Waals surface area contributed by atoms with Gasteiger partial charge in [-0.3, -0.25) is 4.90 Å². The van der Waals surface area contributed by atoms with E-state index in [2.05, 4.69) is 32.7 Å². The van der Waals surface area contributed by atoms with Gasteiger partial charge < -0.3 is 5.32 Å². The van der Waals surface area contributed by atoms with E-state index >= 15 is 0 Å². The molecule has 22 heavy (non-hydrogen) atoms. The maximum Gasteiger partial charge on any atom is 0.416 e. The minimum atomic E-state index is -4.33. The summed E-state index contributed by atoms with van der Waals surface area (Å²) in [5, 5.41) is 3.27. The highest BCUT2D eigenvalue weighted by Gasteiger charge is 2.32. The van der Waals surface area contributed by atoms with Crippen molar-refractivity contribution in [1.29, 1.82) is 0 Å². The smallest absolute Gasteiger partial charge is 0.314 e. The molecule has 1 atom stereocenters. The van der Waals surface area contributed by atoms with E-state index in [4.69, 9.17) is 0 Å². The van der Waals surface area contributed by atoms with E-state index in [1.54, 1.807) is 6.07 Å². The Labute approximate surface area is 137 Å². The molecule has 1 aromatic rings. The van der Waals surface area contributed by atoms with Gasteiger partial charge in [-0.2, -0.15) is 13.2 Å². The average Bonchev–Trinajstić information content (AvgIpc) is 2.47. The fourth-order valence-corrected chi connectivity index (χ4v) is 3.31. The van der Waals surface area contributed by atoms with Crippen molar-refractivity contribution in [3.05, 3.63) is 46.5 Å². The number of nitrogens with zero attached hydrogens (tertiary/aromatic N) is 1. The standard InChI is InChI=1S/C16H20BrF3N2/c1-2-3-4-15(22-7-5-21-6-8-22)12-9-13(16(18,19)20)11-14(17)10-12/h2,9-11,15,21H,1,3-8H2/t15-/m1/s1. The van der Waals surface area contributed by atoms with Crippen LogP contribution in [0.25, 0.3) is 0 Å². The zero-order valence-corrected chi connectivity index (χ0v) is 13.9. The molecule has 0 aliphatic carbocycles. The van der Waals surface area contributed by atoms with E-state index in [1.165, 1.54) is 6.07 Å². The van der Waals surface area contributed by atoms with Gasteiger partial charge in [0.25, 0.3) is 0 Å². The fraction of sp³-hybridized carbons (Fsp3) is 0.500. The molecule has 6 heteroatoms. The third kappa shape index (κ3) is 4.57. The zero-order valence-electron chi connectivity index (χ0n) is 12.3. The summed E-state index contributed by atoms with van der Waals surface area (Å²) in [5.41, 5.74) is 0.112. The van der Waals surface area contributed by atoms with Gasteiger partial charge in [0.2, 0.25) is 0 Å². The lowest BCUT2D eigenvalue weighted by atomic mass is 9.97. The molecule has 1 aromatic carbocycles. The first-order valence-electron chi connectivity index (χ1n) is 7.35. The van der Waals surface area contributed by atoms with Crippen molar-refractivity contribution in [1.82, 2.24) is 10.2 Å². The SMILES string of the molecule is C=CCC[C@H](c1cc(Br)cc(C(F)(F)F)c1)N1CCNCC1. The minimum absolute atomic E-state index is 0.0151. The number of rotatable bonds is 5. The molecule has 0 radical (unpaired) electrons. The van der Waals surface area contributed by atoms with Crippen molar-refractivity contribution >= 4 is 15.9 Å². The van der Waals surface area contributed by atoms with Gasteiger partial charge in [-0.05, 0) is 36.6 Å². The van der Waals surface area contributed by atoms with Crippen LogP contribution in [0.2, 0.25) is 0 Å². The Morgan fingerprint density at radius 3 is 2.55 bits per heavy atom. The van der Waals surface area contributed by atoms with Crippen LogP contribution in [0.1, 0.15) is 30.0 Å². The molecule has 122 valence electrons. The number of allylic oxidation sites excluding steroid dienone is 1. The molecule has 0 bridgehead atoms. The Bertz CT molecular complexity index is 511. The highest BCUT2D eigenvalue weighted by atomic mass is 79.9. The fourth-order valence-electron chi connectivity index (χ4n) is 2.80. The second-order valence-electron chi connectivity index (χ2n) is 5.44. The van der Waals surface area contributed by atoms with E-state index in [0.29, 0.717) is 10.0 Å². The molecule has 0 aromatic heterocycles. The Kier molecular flexibility index (Phi) is 6.06. The molecule has 2 rings (SSSR count). The second kappa shape index (κ2) is 7.62. The minimum Gasteiger partial charge on any atom is -0.314 e. The normalized spacial score (nSPS) is 18.2. The quantitative estimate of drug-likeness (QED) is 0.767. The Morgan fingerprint density at radius 2 is 1.95 bits per heavy atom. The predicted octanol–water partition coefficient (Wildman–Crippen LogP) is 4.38. The highest BCUT2D eigenvalue weighted by molar-refractivity contribution is 9.10. The molecule has 1 N–H and O–H groups in total. The summed E-state index contributed by atoms with van der Waals surface area (Å²) in [5.74, 6) is 0. The Balaban J connectivity index is 2.33. The Hall–Kier alpha value is -0.850. The molecular weight excluding hydrogens is 357 g/mol. The number of halogens is 4. The molecule has 2 nitrogen and oxygen atoms in total. The summed E-state index contributed by atoms with van der Waals surface area (Å²) in [6, 6.07) is 4.19. The molecule has 0 saturated carbocycles. The highest BCUT2D eigenvalue weighted by Crippen LogP contribution is 2.36. The van der Waals surface area contributed by atoms with Crippen LogP contribution in [0.4, 0.5) is 13.2 Å². The van der Waals surface area contributed by atoms with Crippen LogP contribution in [-0.2, 0) is 6.18 Å². The number of hydrogen-bond acceptors (Lipinski definition) is 2. The summed E-state index contributed by atoms with van der Waals surface area (Å²) >= 11 is 3.21. The van der Waals surface area contributed by atoms with Crippen LogP contribution in [0.15, 0.2) is 35.3 Å². The third-order valence-electron chi connectivity index (χ3n) is 3.87. The average molecular weight is 377 g/mol. The van der Waals surface area contributed by atoms with Gasteiger partial charge in [-0.1, -0.05) is 22.0 Å². The maximum absolute atomic E-state index is 13.0. The summed E-state index contributed by atoms with van der Waals surface area (Å²) in [6.45, 7) is 7.14. The van der Waals surface area contributed by atoms with Crippen LogP contribution in [0.5, 0.6) is 0 Å². The summed E-state index contributed by atoms with van der Waals surface area (Å²) in [6.07, 6.45) is -0.956. The van der Waals surface area contributed by atoms with Crippen molar-refractivity contribution in [2.24, 2.45) is 0 Å². The molecule has 1 heterocycles. The van der Waals surface area contributed by atoms with Crippen LogP contribution in [-0.4, -0.2) is 31.1 Å². The molecule has 0 unspecified atom stereocenters. The first kappa shape index (κ1) is 17.5. The van der Waals surface area contributed by atoms with E-state index < -0.39 is 11.7 Å². The third-order valence-corrected chi connectivity index (χ3v) is 4.33. The molecular formula is C16H20BrF3N2. The summed E-state index contributed by atoms with van der Waals surface area (Å²) in [7, 11) is 0. The van der Waals surface area contributed by atoms with Gasteiger partial charge >= 0.3 is 6.18 Å². The van der Waals surface area contributed by atoms with Crippen molar-refractivity contribution in [2.75, 3.05) is 26.2 Å². The summed E-state index contributed by atoms with van der Waals surface area (Å²) < 4.78 is 39.6. The van der Waals surface area contributed by atoms with E-state index in [-0.39, 0.29) is 6.04 Å². The van der Waals surface area contributed by atoms with Gasteiger partial charge in [0.15, 0.2) is 0 Å². The lowest BCUT2D eigenvalue weighted by Crippen LogP contribution is -2.45. The second-order valence-corrected chi connectivity index (χ2v) is 6.35. The number of piperazine rings is 1. The van der Waals surface area contributed by atoms with Gasteiger partial charge in [0, 0.05) is 36.7 Å². The summed E-state index contributed by atoms with van der Waals surface area (Å²) in [4.78, 5) is 2.25. The first-order chi connectivity index (χ1) is 10.4. The van der Waals surface area contributed by atoms with Crippen molar-refractivity contribution < 1.29 is 13.2 Å². The number of hydrogen-bond donors (Lipinski definition) is 1.